The highest BCUT2D eigenvalue weighted by atomic mass is 32.2. The molecule has 32 heavy (non-hydrogen) atoms. The molecule has 1 fully saturated rings. The maximum atomic E-state index is 12.3. The monoisotopic (exact) mass is 472 g/mol. The van der Waals surface area contributed by atoms with Crippen LogP contribution < -0.4 is 5.56 Å². The molecule has 0 unspecified atom stereocenters. The molecule has 1 aromatic rings. The molecule has 2 heterocycles. The van der Waals surface area contributed by atoms with Crippen molar-refractivity contribution in [1.82, 2.24) is 9.55 Å². The summed E-state index contributed by atoms with van der Waals surface area (Å²) in [6.07, 6.45) is -1.68. The first-order valence-electron chi connectivity index (χ1n) is 9.56. The van der Waals surface area contributed by atoms with Gasteiger partial charge in [-0.25, -0.2) is 4.79 Å². The average Bonchev–Trinajstić information content (AvgIpc) is 3.02. The lowest BCUT2D eigenvalue weighted by atomic mass is 10.1. The van der Waals surface area contributed by atoms with Gasteiger partial charge in [0.15, 0.2) is 23.6 Å². The Morgan fingerprint density at radius 3 is 2.22 bits per heavy atom. The Morgan fingerprint density at radius 2 is 1.69 bits per heavy atom. The van der Waals surface area contributed by atoms with Gasteiger partial charge in [0.05, 0.1) is 6.61 Å². The highest BCUT2D eigenvalue weighted by Crippen LogP contribution is 2.36. The Labute approximate surface area is 187 Å². The van der Waals surface area contributed by atoms with Gasteiger partial charge in [0.1, 0.15) is 18.3 Å². The number of nitrogens with zero attached hydrogens (tertiary/aromatic N) is 2. The van der Waals surface area contributed by atoms with Gasteiger partial charge in [-0.15, -0.1) is 0 Å². The summed E-state index contributed by atoms with van der Waals surface area (Å²) in [5.41, 5.74) is -1.17. The van der Waals surface area contributed by atoms with E-state index in [4.69, 9.17) is 23.7 Å². The molecule has 0 aromatic carbocycles. The first-order valence-corrected chi connectivity index (χ1v) is 10.8. The van der Waals surface area contributed by atoms with Gasteiger partial charge in [0, 0.05) is 27.0 Å². The summed E-state index contributed by atoms with van der Waals surface area (Å²) in [6.45, 7) is 4.84. The van der Waals surface area contributed by atoms with Crippen LogP contribution in [0, 0.1) is 0 Å². The Balaban J connectivity index is 2.58. The van der Waals surface area contributed by atoms with E-state index in [0.29, 0.717) is 0 Å². The van der Waals surface area contributed by atoms with Crippen LogP contribution in [-0.2, 0) is 38.1 Å². The smallest absolute Gasteiger partial charge is 0.345 e. The number of hydrogen-bond acceptors (Lipinski definition) is 12. The average molecular weight is 472 g/mol. The fourth-order valence-corrected chi connectivity index (χ4v) is 3.59. The topological polar surface area (TPSA) is 149 Å². The van der Waals surface area contributed by atoms with Crippen molar-refractivity contribution in [3.05, 3.63) is 22.1 Å². The Kier molecular flexibility index (Phi) is 8.78. The molecule has 12 nitrogen and oxygen atoms in total. The molecule has 4 atom stereocenters. The third-order valence-corrected chi connectivity index (χ3v) is 4.88. The van der Waals surface area contributed by atoms with Gasteiger partial charge in [-0.3, -0.25) is 23.7 Å². The molecule has 0 aliphatic carbocycles. The summed E-state index contributed by atoms with van der Waals surface area (Å²) in [6, 6.07) is 0. The number of ether oxygens (including phenoxy) is 5. The highest BCUT2D eigenvalue weighted by Gasteiger charge is 2.51. The molecular formula is C19H24N2O10S. The second-order valence-corrected chi connectivity index (χ2v) is 7.36. The van der Waals surface area contributed by atoms with Crippen molar-refractivity contribution in [3.8, 4) is 0 Å². The molecule has 0 spiro atoms. The van der Waals surface area contributed by atoms with Gasteiger partial charge in [-0.1, -0.05) is 11.8 Å². The van der Waals surface area contributed by atoms with E-state index in [1.54, 1.807) is 13.2 Å². The van der Waals surface area contributed by atoms with E-state index < -0.39 is 54.0 Å². The van der Waals surface area contributed by atoms with Crippen LogP contribution in [0.3, 0.4) is 0 Å². The van der Waals surface area contributed by atoms with Crippen molar-refractivity contribution in [1.29, 1.82) is 0 Å². The van der Waals surface area contributed by atoms with Gasteiger partial charge in [-0.2, -0.15) is 4.98 Å². The molecular weight excluding hydrogens is 448 g/mol. The van der Waals surface area contributed by atoms with E-state index in [9.17, 15) is 24.0 Å². The molecule has 1 aliphatic rings. The number of carbonyl (C=O) groups is 4. The molecule has 1 saturated heterocycles. The van der Waals surface area contributed by atoms with E-state index in [-0.39, 0.29) is 23.9 Å². The Morgan fingerprint density at radius 1 is 1.06 bits per heavy atom. The number of carbonyl (C=O) groups excluding carboxylic acids is 4. The van der Waals surface area contributed by atoms with Crippen molar-refractivity contribution in [2.45, 2.75) is 57.4 Å². The molecule has 176 valence electrons. The Hall–Kier alpha value is -2.93. The largest absolute Gasteiger partial charge is 0.463 e. The van der Waals surface area contributed by atoms with E-state index in [1.807, 2.05) is 0 Å². The molecule has 2 rings (SSSR count). The van der Waals surface area contributed by atoms with Crippen molar-refractivity contribution in [2.24, 2.45) is 0 Å². The number of thioether (sulfide) groups is 1. The van der Waals surface area contributed by atoms with Gasteiger partial charge in [0.25, 0.3) is 5.56 Å². The predicted molar refractivity (Wildman–Crippen MR) is 108 cm³/mol. The standard InChI is InChI=1S/C19H24N2O10S/c1-6-27-18(26)12-7-21(19(32-5)20-16(12)25)17-15(30-11(4)24)14(29-10(3)23)13(31-17)8-28-9(2)22/h7,13-15,17H,6,8H2,1-5H3/t13-,14-,15-,17-/m1/s1. The fourth-order valence-electron chi connectivity index (χ4n) is 3.05. The van der Waals surface area contributed by atoms with Gasteiger partial charge < -0.3 is 23.7 Å². The van der Waals surface area contributed by atoms with Gasteiger partial charge in [-0.05, 0) is 13.2 Å². The van der Waals surface area contributed by atoms with Crippen molar-refractivity contribution in [3.63, 3.8) is 0 Å². The van der Waals surface area contributed by atoms with Crippen LogP contribution in [0.25, 0.3) is 0 Å². The number of esters is 4. The third-order valence-electron chi connectivity index (χ3n) is 4.21. The minimum Gasteiger partial charge on any atom is -0.463 e. The van der Waals surface area contributed by atoms with E-state index in [0.717, 1.165) is 25.6 Å². The summed E-state index contributed by atoms with van der Waals surface area (Å²) >= 11 is 1.07. The van der Waals surface area contributed by atoms with Crippen LogP contribution in [0.4, 0.5) is 0 Å². The number of hydrogen-bond donors (Lipinski definition) is 0. The Bertz CT molecular complexity index is 947. The zero-order chi connectivity index (χ0) is 24.0. The SMILES string of the molecule is CCOC(=O)c1cn([C@@H]2O[C@H](COC(C)=O)[C@@H](OC(C)=O)[C@H]2OC(C)=O)c(SC)nc1=O. The molecule has 1 aromatic heterocycles. The highest BCUT2D eigenvalue weighted by molar-refractivity contribution is 7.98. The lowest BCUT2D eigenvalue weighted by Crippen LogP contribution is -2.41. The van der Waals surface area contributed by atoms with Crippen LogP contribution in [0.1, 0.15) is 44.3 Å². The van der Waals surface area contributed by atoms with Crippen molar-refractivity contribution < 1.29 is 42.9 Å². The van der Waals surface area contributed by atoms with Crippen LogP contribution in [0.2, 0.25) is 0 Å². The number of rotatable bonds is 8. The maximum absolute atomic E-state index is 12.3. The second-order valence-electron chi connectivity index (χ2n) is 6.59. The quantitative estimate of drug-likeness (QED) is 0.224. The summed E-state index contributed by atoms with van der Waals surface area (Å²) in [7, 11) is 0. The fraction of sp³-hybridized carbons (Fsp3) is 0.579. The minimum atomic E-state index is -1.19. The first kappa shape index (κ1) is 25.3. The van der Waals surface area contributed by atoms with Crippen molar-refractivity contribution >= 4 is 35.6 Å². The van der Waals surface area contributed by atoms with Crippen LogP contribution in [0.15, 0.2) is 16.1 Å². The lowest BCUT2D eigenvalue weighted by Gasteiger charge is -2.25. The van der Waals surface area contributed by atoms with E-state index in [1.165, 1.54) is 17.7 Å². The molecule has 0 radical (unpaired) electrons. The van der Waals surface area contributed by atoms with E-state index in [2.05, 4.69) is 4.98 Å². The van der Waals surface area contributed by atoms with Crippen LogP contribution in [0.5, 0.6) is 0 Å². The molecule has 0 saturated carbocycles. The normalized spacial score (nSPS) is 22.2. The predicted octanol–water partition coefficient (Wildman–Crippen LogP) is 0.466. The molecule has 1 aliphatic heterocycles. The molecule has 13 heteroatoms. The molecule has 0 N–H and O–H groups in total. The van der Waals surface area contributed by atoms with Crippen LogP contribution >= 0.6 is 11.8 Å². The maximum Gasteiger partial charge on any atom is 0.345 e. The minimum absolute atomic E-state index is 0.0392. The summed E-state index contributed by atoms with van der Waals surface area (Å²) in [4.78, 5) is 63.2. The number of aromatic nitrogens is 2. The van der Waals surface area contributed by atoms with Gasteiger partial charge in [0.2, 0.25) is 0 Å². The van der Waals surface area contributed by atoms with E-state index >= 15 is 0 Å². The van der Waals surface area contributed by atoms with Gasteiger partial charge >= 0.3 is 23.9 Å². The molecule has 0 amide bonds. The van der Waals surface area contributed by atoms with Crippen LogP contribution in [-0.4, -0.2) is 71.2 Å². The third kappa shape index (κ3) is 6.07. The lowest BCUT2D eigenvalue weighted by molar-refractivity contribution is -0.166. The summed E-state index contributed by atoms with van der Waals surface area (Å²) in [5, 5.41) is 0.139. The second kappa shape index (κ2) is 11.1. The first-order chi connectivity index (χ1) is 15.1. The summed E-state index contributed by atoms with van der Waals surface area (Å²) in [5.74, 6) is -2.86. The molecule has 0 bridgehead atoms. The van der Waals surface area contributed by atoms with Crippen molar-refractivity contribution in [2.75, 3.05) is 19.5 Å². The zero-order valence-corrected chi connectivity index (χ0v) is 19.0. The summed E-state index contributed by atoms with van der Waals surface area (Å²) < 4.78 is 27.8. The zero-order valence-electron chi connectivity index (χ0n) is 18.2.